The zero-order valence-corrected chi connectivity index (χ0v) is 15.1. The zero-order valence-electron chi connectivity index (χ0n) is 13.0. The molecule has 0 bridgehead atoms. The van der Waals surface area contributed by atoms with Crippen LogP contribution < -0.4 is 0 Å². The predicted octanol–water partition coefficient (Wildman–Crippen LogP) is 4.58. The number of carbonyl (C=O) groups is 1. The summed E-state index contributed by atoms with van der Waals surface area (Å²) >= 11 is 0. The number of rotatable bonds is 2. The van der Waals surface area contributed by atoms with Crippen molar-refractivity contribution in [3.8, 4) is 0 Å². The Bertz CT molecular complexity index is 155. The van der Waals surface area contributed by atoms with Crippen LogP contribution in [0.15, 0.2) is 0 Å². The van der Waals surface area contributed by atoms with E-state index in [-0.39, 0.29) is 22.0 Å². The van der Waals surface area contributed by atoms with Gasteiger partial charge in [-0.25, -0.2) is 0 Å². The molecule has 108 valence electrons. The van der Waals surface area contributed by atoms with Gasteiger partial charge in [-0.1, -0.05) is 27.1 Å². The Labute approximate surface area is 113 Å². The molecule has 0 aromatic carbocycles. The lowest BCUT2D eigenvalue weighted by Crippen LogP contribution is -2.28. The highest BCUT2D eigenvalue weighted by molar-refractivity contribution is 6.69. The molecular formula is C13H36O2Si2. The highest BCUT2D eigenvalue weighted by Gasteiger charge is 2.14. The van der Waals surface area contributed by atoms with Gasteiger partial charge in [0, 0.05) is 14.9 Å². The van der Waals surface area contributed by atoms with Crippen molar-refractivity contribution in [2.45, 2.75) is 80.5 Å². The first-order valence-corrected chi connectivity index (χ1v) is 12.9. The van der Waals surface area contributed by atoms with Gasteiger partial charge in [0.05, 0.1) is 0 Å². The largest absolute Gasteiger partial charge is 0.415 e. The monoisotopic (exact) mass is 280 g/mol. The fourth-order valence-corrected chi connectivity index (χ4v) is 2.12. The minimum atomic E-state index is -1.22. The molecule has 0 atom stereocenters. The predicted molar refractivity (Wildman–Crippen MR) is 87.4 cm³/mol. The first-order chi connectivity index (χ1) is 6.88. The third-order valence-corrected chi connectivity index (χ3v) is 1.77. The summed E-state index contributed by atoms with van der Waals surface area (Å²) in [6.07, 6.45) is 0.404. The van der Waals surface area contributed by atoms with E-state index in [4.69, 9.17) is 4.43 Å². The summed E-state index contributed by atoms with van der Waals surface area (Å²) in [7, 11) is -1.36. The van der Waals surface area contributed by atoms with Crippen molar-refractivity contribution in [2.75, 3.05) is 0 Å². The van der Waals surface area contributed by atoms with Gasteiger partial charge in [-0.05, 0) is 47.3 Å². The van der Waals surface area contributed by atoms with Crippen LogP contribution in [0.3, 0.4) is 0 Å². The van der Waals surface area contributed by atoms with E-state index in [1.807, 2.05) is 0 Å². The van der Waals surface area contributed by atoms with Crippen molar-refractivity contribution in [1.82, 2.24) is 0 Å². The number of carbonyl (C=O) groups excluding carboxylic acids is 1. The molecule has 0 saturated carbocycles. The van der Waals surface area contributed by atoms with Crippen LogP contribution in [-0.4, -0.2) is 29.0 Å². The average Bonchev–Trinajstić information content (AvgIpc) is 1.74. The molecule has 0 aliphatic rings. The minimum absolute atomic E-state index is 0. The maximum Gasteiger partial charge on any atom is 0.184 e. The summed E-state index contributed by atoms with van der Waals surface area (Å²) in [4.78, 5) is 9.44. The second kappa shape index (κ2) is 14.1. The summed E-state index contributed by atoms with van der Waals surface area (Å²) in [6.45, 7) is 20.7. The second-order valence-corrected chi connectivity index (χ2v) is 13.8. The molecule has 0 aromatic rings. The van der Waals surface area contributed by atoms with Crippen molar-refractivity contribution in [2.24, 2.45) is 0 Å². The van der Waals surface area contributed by atoms with Gasteiger partial charge in [-0.2, -0.15) is 0 Å². The van der Waals surface area contributed by atoms with E-state index < -0.39 is 8.32 Å². The summed E-state index contributed by atoms with van der Waals surface area (Å²) < 4.78 is 5.58. The zero-order chi connectivity index (χ0) is 13.9. The van der Waals surface area contributed by atoms with Crippen LogP contribution >= 0.6 is 0 Å². The molecule has 0 spiro atoms. The number of hydrogen-bond acceptors (Lipinski definition) is 2. The Morgan fingerprint density at radius 2 is 1.24 bits per heavy atom. The molecule has 0 fully saturated rings. The van der Waals surface area contributed by atoms with Crippen molar-refractivity contribution in [3.63, 3.8) is 0 Å². The molecule has 2 nitrogen and oxygen atoms in total. The van der Waals surface area contributed by atoms with Gasteiger partial charge in [0.25, 0.3) is 0 Å². The standard InChI is InChI=1S/C6H16OSi.C3H6O.C3H10Si.CH4/c1-6(2)7-8(3,4)5;1-3(2)4;1-4(2)3;/h6H,1-5H3;1-2H3;4H,1-3H3;1H4. The maximum absolute atomic E-state index is 9.44. The van der Waals surface area contributed by atoms with Crippen LogP contribution in [-0.2, 0) is 9.22 Å². The molecule has 0 radical (unpaired) electrons. The molecule has 0 heterocycles. The number of hydrogen-bond donors (Lipinski definition) is 0. The van der Waals surface area contributed by atoms with Gasteiger partial charge >= 0.3 is 0 Å². The fraction of sp³-hybridized carbons (Fsp3) is 0.923. The van der Waals surface area contributed by atoms with Crippen LogP contribution in [0.1, 0.15) is 35.1 Å². The highest BCUT2D eigenvalue weighted by Crippen LogP contribution is 2.05. The van der Waals surface area contributed by atoms with Gasteiger partial charge in [0.1, 0.15) is 5.78 Å². The minimum Gasteiger partial charge on any atom is -0.415 e. The van der Waals surface area contributed by atoms with Crippen LogP contribution in [0, 0.1) is 0 Å². The van der Waals surface area contributed by atoms with E-state index in [2.05, 4.69) is 53.1 Å². The topological polar surface area (TPSA) is 26.3 Å². The Balaban J connectivity index is -0.0000000806. The van der Waals surface area contributed by atoms with Crippen LogP contribution in [0.2, 0.25) is 39.3 Å². The lowest BCUT2D eigenvalue weighted by Gasteiger charge is -2.19. The Hall–Kier alpha value is 0.0638. The van der Waals surface area contributed by atoms with Gasteiger partial charge in [0.15, 0.2) is 8.32 Å². The van der Waals surface area contributed by atoms with Crippen LogP contribution in [0.25, 0.3) is 0 Å². The molecule has 0 aliphatic carbocycles. The molecule has 0 N–H and O–H groups in total. The molecule has 0 amide bonds. The number of ketones is 1. The third-order valence-electron chi connectivity index (χ3n) is 0.589. The smallest absolute Gasteiger partial charge is 0.184 e. The summed E-state index contributed by atoms with van der Waals surface area (Å²) in [5, 5.41) is 0. The van der Waals surface area contributed by atoms with E-state index in [0.717, 1.165) is 0 Å². The van der Waals surface area contributed by atoms with Crippen LogP contribution in [0.5, 0.6) is 0 Å². The Kier molecular flexibility index (Phi) is 21.4. The van der Waals surface area contributed by atoms with E-state index >= 15 is 0 Å². The van der Waals surface area contributed by atoms with Gasteiger partial charge in [0.2, 0.25) is 0 Å². The SMILES string of the molecule is C.CC(C)=O.CC(C)O[Si](C)(C)C.C[SiH](C)C. The molecule has 0 unspecified atom stereocenters. The van der Waals surface area contributed by atoms with E-state index in [0.29, 0.717) is 6.10 Å². The van der Waals surface area contributed by atoms with Gasteiger partial charge in [-0.15, -0.1) is 0 Å². The molecule has 0 rings (SSSR count). The molecule has 0 aromatic heterocycles. The lowest BCUT2D eigenvalue weighted by atomic mass is 10.5. The molecule has 0 aliphatic heterocycles. The summed E-state index contributed by atoms with van der Waals surface area (Å²) in [6, 6.07) is 0. The van der Waals surface area contributed by atoms with Crippen molar-refractivity contribution in [3.05, 3.63) is 0 Å². The van der Waals surface area contributed by atoms with Crippen LogP contribution in [0.4, 0.5) is 0 Å². The van der Waals surface area contributed by atoms with Crippen molar-refractivity contribution >= 4 is 22.9 Å². The summed E-state index contributed by atoms with van der Waals surface area (Å²) in [5.41, 5.74) is 0. The van der Waals surface area contributed by atoms with Gasteiger partial charge in [-0.3, -0.25) is 0 Å². The molecule has 17 heavy (non-hydrogen) atoms. The van der Waals surface area contributed by atoms with Crippen molar-refractivity contribution < 1.29 is 9.22 Å². The maximum atomic E-state index is 9.44. The Morgan fingerprint density at radius 3 is 1.24 bits per heavy atom. The molecule has 4 heteroatoms. The highest BCUT2D eigenvalue weighted by atomic mass is 28.4. The first-order valence-electron chi connectivity index (χ1n) is 6.03. The van der Waals surface area contributed by atoms with E-state index in [1.165, 1.54) is 13.8 Å². The van der Waals surface area contributed by atoms with E-state index in [9.17, 15) is 4.79 Å². The normalized spacial score (nSPS) is 9.65. The molecular weight excluding hydrogens is 244 g/mol. The average molecular weight is 281 g/mol. The summed E-state index contributed by atoms with van der Waals surface area (Å²) in [5.74, 6) is 0.167. The Morgan fingerprint density at radius 1 is 1.06 bits per heavy atom. The fourth-order valence-electron chi connectivity index (χ4n) is 0.707. The quantitative estimate of drug-likeness (QED) is 0.692. The molecule has 0 saturated heterocycles. The number of Topliss-reactive ketones (excluding diaryl/α,β-unsaturated/α-hetero) is 1. The second-order valence-electron chi connectivity index (χ2n) is 5.92. The first kappa shape index (κ1) is 25.8. The lowest BCUT2D eigenvalue weighted by molar-refractivity contribution is -0.114. The van der Waals surface area contributed by atoms with E-state index in [1.54, 1.807) is 0 Å². The third kappa shape index (κ3) is 124. The van der Waals surface area contributed by atoms with Crippen molar-refractivity contribution in [1.29, 1.82) is 0 Å². The van der Waals surface area contributed by atoms with Gasteiger partial charge < -0.3 is 9.22 Å².